The van der Waals surface area contributed by atoms with Gasteiger partial charge in [-0.05, 0) is 70.2 Å². The lowest BCUT2D eigenvalue weighted by Crippen LogP contribution is -2.30. The summed E-state index contributed by atoms with van der Waals surface area (Å²) < 4.78 is 38.1. The number of amides is 1. The number of rotatable bonds is 8. The van der Waals surface area contributed by atoms with E-state index in [0.717, 1.165) is 0 Å². The molecule has 0 atom stereocenters. The summed E-state index contributed by atoms with van der Waals surface area (Å²) in [5, 5.41) is 2.71. The van der Waals surface area contributed by atoms with Crippen LogP contribution in [0.3, 0.4) is 0 Å². The van der Waals surface area contributed by atoms with Gasteiger partial charge in [-0.1, -0.05) is 0 Å². The van der Waals surface area contributed by atoms with E-state index in [0.29, 0.717) is 17.1 Å². The molecule has 28 heavy (non-hydrogen) atoms. The molecule has 7 nitrogen and oxygen atoms in total. The minimum atomic E-state index is -3.70. The molecule has 0 aliphatic carbocycles. The van der Waals surface area contributed by atoms with Crippen LogP contribution in [0, 0.1) is 0 Å². The van der Waals surface area contributed by atoms with E-state index in [1.807, 2.05) is 13.8 Å². The van der Waals surface area contributed by atoms with E-state index in [1.165, 1.54) is 25.3 Å². The van der Waals surface area contributed by atoms with Crippen LogP contribution in [0.1, 0.15) is 38.1 Å². The van der Waals surface area contributed by atoms with Crippen molar-refractivity contribution in [2.45, 2.75) is 44.7 Å². The highest BCUT2D eigenvalue weighted by molar-refractivity contribution is 7.89. The van der Waals surface area contributed by atoms with Crippen LogP contribution in [0.4, 0.5) is 5.69 Å². The van der Waals surface area contributed by atoms with Gasteiger partial charge in [-0.2, -0.15) is 0 Å². The second-order valence-electron chi connectivity index (χ2n) is 6.78. The SMILES string of the molecule is COc1ccc(S(=O)(=O)NC(C)C)cc1NC(=O)c1ccc(OC(C)C)cc1. The van der Waals surface area contributed by atoms with Gasteiger partial charge in [0, 0.05) is 11.6 Å². The Labute approximate surface area is 166 Å². The molecule has 0 fully saturated rings. The van der Waals surface area contributed by atoms with Gasteiger partial charge in [0.25, 0.3) is 5.91 Å². The molecule has 0 radical (unpaired) electrons. The molecule has 2 aromatic carbocycles. The first-order valence-corrected chi connectivity index (χ1v) is 10.4. The van der Waals surface area contributed by atoms with Crippen molar-refractivity contribution in [1.29, 1.82) is 0 Å². The van der Waals surface area contributed by atoms with Gasteiger partial charge >= 0.3 is 0 Å². The summed E-state index contributed by atoms with van der Waals surface area (Å²) in [5.74, 6) is 0.634. The van der Waals surface area contributed by atoms with Gasteiger partial charge in [0.1, 0.15) is 11.5 Å². The van der Waals surface area contributed by atoms with Gasteiger partial charge in [0.05, 0.1) is 23.8 Å². The zero-order valence-corrected chi connectivity index (χ0v) is 17.5. The maximum atomic E-state index is 12.6. The summed E-state index contributed by atoms with van der Waals surface area (Å²) in [6, 6.07) is 10.7. The van der Waals surface area contributed by atoms with E-state index < -0.39 is 10.0 Å². The minimum absolute atomic E-state index is 0.0353. The summed E-state index contributed by atoms with van der Waals surface area (Å²) in [6.07, 6.45) is 0.0353. The number of nitrogens with one attached hydrogen (secondary N) is 2. The minimum Gasteiger partial charge on any atom is -0.495 e. The molecule has 0 heterocycles. The first-order chi connectivity index (χ1) is 13.1. The molecular weight excluding hydrogens is 380 g/mol. The van der Waals surface area contributed by atoms with E-state index >= 15 is 0 Å². The molecule has 2 N–H and O–H groups in total. The van der Waals surface area contributed by atoms with Crippen LogP contribution in [0.5, 0.6) is 11.5 Å². The van der Waals surface area contributed by atoms with Crippen molar-refractivity contribution >= 4 is 21.6 Å². The van der Waals surface area contributed by atoms with Crippen LogP contribution in [0.15, 0.2) is 47.4 Å². The Morgan fingerprint density at radius 1 is 1.00 bits per heavy atom. The lowest BCUT2D eigenvalue weighted by molar-refractivity contribution is 0.102. The highest BCUT2D eigenvalue weighted by Crippen LogP contribution is 2.28. The quantitative estimate of drug-likeness (QED) is 0.701. The molecule has 0 aliphatic heterocycles. The fraction of sp³-hybridized carbons (Fsp3) is 0.350. The molecule has 0 saturated heterocycles. The maximum absolute atomic E-state index is 12.6. The zero-order chi connectivity index (χ0) is 20.9. The summed E-state index contributed by atoms with van der Waals surface area (Å²) in [4.78, 5) is 12.6. The Kier molecular flexibility index (Phi) is 7.04. The highest BCUT2D eigenvalue weighted by atomic mass is 32.2. The van der Waals surface area contributed by atoms with Crippen molar-refractivity contribution in [1.82, 2.24) is 4.72 Å². The molecule has 0 aromatic heterocycles. The van der Waals surface area contributed by atoms with Crippen molar-refractivity contribution < 1.29 is 22.7 Å². The fourth-order valence-electron chi connectivity index (χ4n) is 2.48. The second kappa shape index (κ2) is 9.07. The van der Waals surface area contributed by atoms with Crippen LogP contribution in [0.25, 0.3) is 0 Å². The molecule has 0 unspecified atom stereocenters. The summed E-state index contributed by atoms with van der Waals surface area (Å²) >= 11 is 0. The van der Waals surface area contributed by atoms with Gasteiger partial charge in [-0.15, -0.1) is 0 Å². The van der Waals surface area contributed by atoms with E-state index in [2.05, 4.69) is 10.0 Å². The second-order valence-corrected chi connectivity index (χ2v) is 8.50. The summed E-state index contributed by atoms with van der Waals surface area (Å²) in [7, 11) is -2.25. The number of ether oxygens (including phenoxy) is 2. The smallest absolute Gasteiger partial charge is 0.255 e. The first-order valence-electron chi connectivity index (χ1n) is 8.91. The average molecular weight is 407 g/mol. The number of methoxy groups -OCH3 is 1. The number of anilines is 1. The van der Waals surface area contributed by atoms with Crippen LogP contribution in [0.2, 0.25) is 0 Å². The normalized spacial score (nSPS) is 11.5. The number of benzene rings is 2. The lowest BCUT2D eigenvalue weighted by atomic mass is 10.2. The van der Waals surface area contributed by atoms with Crippen molar-refractivity contribution in [2.24, 2.45) is 0 Å². The molecule has 1 amide bonds. The van der Waals surface area contributed by atoms with Crippen molar-refractivity contribution in [3.05, 3.63) is 48.0 Å². The molecule has 0 bridgehead atoms. The lowest BCUT2D eigenvalue weighted by Gasteiger charge is -2.14. The van der Waals surface area contributed by atoms with Crippen LogP contribution in [-0.2, 0) is 10.0 Å². The average Bonchev–Trinajstić information content (AvgIpc) is 2.60. The van der Waals surface area contributed by atoms with E-state index in [4.69, 9.17) is 9.47 Å². The van der Waals surface area contributed by atoms with Gasteiger partial charge in [0.15, 0.2) is 0 Å². The first kappa shape index (κ1) is 21.7. The Balaban J connectivity index is 2.26. The number of carbonyl (C=O) groups excluding carboxylic acids is 1. The van der Waals surface area contributed by atoms with Gasteiger partial charge in [-0.3, -0.25) is 4.79 Å². The standard InChI is InChI=1S/C20H26N2O5S/c1-13(2)22-28(24,25)17-10-11-19(26-5)18(12-17)21-20(23)15-6-8-16(9-7-15)27-14(3)4/h6-14,22H,1-5H3,(H,21,23). The molecule has 0 saturated carbocycles. The van der Waals surface area contributed by atoms with Crippen molar-refractivity contribution in [3.8, 4) is 11.5 Å². The molecule has 0 spiro atoms. The predicted octanol–water partition coefficient (Wildman–Crippen LogP) is 3.42. The zero-order valence-electron chi connectivity index (χ0n) is 16.6. The molecule has 152 valence electrons. The number of hydrogen-bond donors (Lipinski definition) is 2. The Bertz CT molecular complexity index is 922. The highest BCUT2D eigenvalue weighted by Gasteiger charge is 2.19. The third-order valence-corrected chi connectivity index (χ3v) is 5.26. The summed E-state index contributed by atoms with van der Waals surface area (Å²) in [5.41, 5.74) is 0.674. The van der Waals surface area contributed by atoms with Crippen LogP contribution in [-0.4, -0.2) is 33.6 Å². The molecule has 2 rings (SSSR count). The van der Waals surface area contributed by atoms with E-state index in [-0.39, 0.29) is 28.6 Å². The van der Waals surface area contributed by atoms with Gasteiger partial charge in [-0.25, -0.2) is 13.1 Å². The third-order valence-electron chi connectivity index (χ3n) is 3.61. The Morgan fingerprint density at radius 3 is 2.18 bits per heavy atom. The van der Waals surface area contributed by atoms with Crippen molar-refractivity contribution in [3.63, 3.8) is 0 Å². The number of sulfonamides is 1. The molecule has 2 aromatic rings. The third kappa shape index (κ3) is 5.71. The van der Waals surface area contributed by atoms with E-state index in [1.54, 1.807) is 38.1 Å². The van der Waals surface area contributed by atoms with E-state index in [9.17, 15) is 13.2 Å². The molecule has 0 aliphatic rings. The fourth-order valence-corrected chi connectivity index (χ4v) is 3.76. The topological polar surface area (TPSA) is 93.7 Å². The number of carbonyl (C=O) groups is 1. The Hall–Kier alpha value is -2.58. The predicted molar refractivity (Wildman–Crippen MR) is 109 cm³/mol. The molecular formula is C20H26N2O5S. The van der Waals surface area contributed by atoms with Gasteiger partial charge in [0.2, 0.25) is 10.0 Å². The monoisotopic (exact) mass is 406 g/mol. The maximum Gasteiger partial charge on any atom is 0.255 e. The van der Waals surface area contributed by atoms with Crippen LogP contribution < -0.4 is 19.5 Å². The largest absolute Gasteiger partial charge is 0.495 e. The Morgan fingerprint density at radius 2 is 1.64 bits per heavy atom. The molecule has 8 heteroatoms. The number of hydrogen-bond acceptors (Lipinski definition) is 5. The van der Waals surface area contributed by atoms with Crippen molar-refractivity contribution in [2.75, 3.05) is 12.4 Å². The van der Waals surface area contributed by atoms with Gasteiger partial charge < -0.3 is 14.8 Å². The summed E-state index contributed by atoms with van der Waals surface area (Å²) in [6.45, 7) is 7.30. The van der Waals surface area contributed by atoms with Crippen LogP contribution >= 0.6 is 0 Å².